The van der Waals surface area contributed by atoms with Gasteiger partial charge in [-0.25, -0.2) is 12.8 Å². The first kappa shape index (κ1) is 21.8. The Hall–Kier alpha value is -2.91. The van der Waals surface area contributed by atoms with E-state index >= 15 is 0 Å². The third-order valence-corrected chi connectivity index (χ3v) is 6.00. The first-order valence-electron chi connectivity index (χ1n) is 8.80. The van der Waals surface area contributed by atoms with E-state index in [1.807, 2.05) is 0 Å². The zero-order valence-corrected chi connectivity index (χ0v) is 18.3. The SMILES string of the molecule is Cc1ccc(F)cc1NC(=O)COc1ccc(S(=O)(=O)Nc2ccc(Br)cc2)cc1. The second-order valence-electron chi connectivity index (χ2n) is 6.38. The highest BCUT2D eigenvalue weighted by Crippen LogP contribution is 2.21. The van der Waals surface area contributed by atoms with Gasteiger partial charge in [-0.15, -0.1) is 0 Å². The van der Waals surface area contributed by atoms with Gasteiger partial charge in [-0.05, 0) is 73.2 Å². The molecule has 0 fully saturated rings. The van der Waals surface area contributed by atoms with E-state index in [0.29, 0.717) is 17.1 Å². The van der Waals surface area contributed by atoms with Gasteiger partial charge in [0.05, 0.1) is 4.90 Å². The lowest BCUT2D eigenvalue weighted by atomic mass is 10.2. The Kier molecular flexibility index (Phi) is 6.73. The van der Waals surface area contributed by atoms with Crippen LogP contribution in [0.25, 0.3) is 0 Å². The summed E-state index contributed by atoms with van der Waals surface area (Å²) in [6.07, 6.45) is 0. The molecule has 156 valence electrons. The molecule has 0 aromatic heterocycles. The Morgan fingerprint density at radius 3 is 2.37 bits per heavy atom. The Morgan fingerprint density at radius 2 is 1.70 bits per heavy atom. The fraction of sp³-hybridized carbons (Fsp3) is 0.0952. The molecule has 9 heteroatoms. The Labute approximate surface area is 182 Å². The quantitative estimate of drug-likeness (QED) is 0.499. The molecule has 0 aliphatic heterocycles. The number of anilines is 2. The normalized spacial score (nSPS) is 11.0. The van der Waals surface area contributed by atoms with Gasteiger partial charge in [-0.1, -0.05) is 22.0 Å². The van der Waals surface area contributed by atoms with Gasteiger partial charge in [-0.2, -0.15) is 0 Å². The van der Waals surface area contributed by atoms with E-state index in [1.165, 1.54) is 36.4 Å². The Morgan fingerprint density at radius 1 is 1.03 bits per heavy atom. The summed E-state index contributed by atoms with van der Waals surface area (Å²) in [5.74, 6) is -0.591. The van der Waals surface area contributed by atoms with Gasteiger partial charge in [-0.3, -0.25) is 9.52 Å². The van der Waals surface area contributed by atoms with Crippen molar-refractivity contribution in [3.05, 3.63) is 82.6 Å². The molecule has 0 aliphatic rings. The van der Waals surface area contributed by atoms with Crippen LogP contribution in [0.2, 0.25) is 0 Å². The van der Waals surface area contributed by atoms with Crippen LogP contribution in [0.3, 0.4) is 0 Å². The van der Waals surface area contributed by atoms with Crippen LogP contribution in [0.15, 0.2) is 76.1 Å². The lowest BCUT2D eigenvalue weighted by Crippen LogP contribution is -2.20. The molecule has 0 aliphatic carbocycles. The number of carbonyl (C=O) groups excluding carboxylic acids is 1. The first-order chi connectivity index (χ1) is 14.2. The van der Waals surface area contributed by atoms with Crippen molar-refractivity contribution in [3.63, 3.8) is 0 Å². The minimum atomic E-state index is -3.76. The molecule has 3 rings (SSSR count). The van der Waals surface area contributed by atoms with Crippen molar-refractivity contribution in [2.45, 2.75) is 11.8 Å². The average molecular weight is 493 g/mol. The van der Waals surface area contributed by atoms with E-state index in [9.17, 15) is 17.6 Å². The van der Waals surface area contributed by atoms with Crippen molar-refractivity contribution in [3.8, 4) is 5.75 Å². The molecule has 0 unspecified atom stereocenters. The highest BCUT2D eigenvalue weighted by Gasteiger charge is 2.14. The summed E-state index contributed by atoms with van der Waals surface area (Å²) in [5, 5.41) is 2.57. The van der Waals surface area contributed by atoms with E-state index < -0.39 is 21.7 Å². The fourth-order valence-corrected chi connectivity index (χ4v) is 3.83. The molecule has 0 saturated carbocycles. The number of rotatable bonds is 7. The molecule has 1 amide bonds. The number of hydrogen-bond acceptors (Lipinski definition) is 4. The first-order valence-corrected chi connectivity index (χ1v) is 11.1. The van der Waals surface area contributed by atoms with Crippen LogP contribution in [-0.4, -0.2) is 20.9 Å². The number of sulfonamides is 1. The summed E-state index contributed by atoms with van der Waals surface area (Å²) >= 11 is 3.29. The largest absolute Gasteiger partial charge is 0.484 e. The number of hydrogen-bond donors (Lipinski definition) is 2. The molecule has 0 bridgehead atoms. The topological polar surface area (TPSA) is 84.5 Å². The van der Waals surface area contributed by atoms with Crippen LogP contribution in [0.1, 0.15) is 5.56 Å². The molecule has 0 spiro atoms. The molecule has 0 atom stereocenters. The van der Waals surface area contributed by atoms with Crippen molar-refractivity contribution in [2.24, 2.45) is 0 Å². The molecule has 2 N–H and O–H groups in total. The third kappa shape index (κ3) is 5.80. The minimum Gasteiger partial charge on any atom is -0.484 e. The zero-order chi connectivity index (χ0) is 21.7. The minimum absolute atomic E-state index is 0.0533. The summed E-state index contributed by atoms with van der Waals surface area (Å²) < 4.78 is 46.9. The highest BCUT2D eigenvalue weighted by molar-refractivity contribution is 9.10. The molecule has 3 aromatic rings. The average Bonchev–Trinajstić information content (AvgIpc) is 2.71. The molecule has 0 saturated heterocycles. The van der Waals surface area contributed by atoms with Gasteiger partial charge >= 0.3 is 0 Å². The number of benzene rings is 3. The Bertz CT molecular complexity index is 1150. The van der Waals surface area contributed by atoms with Crippen LogP contribution < -0.4 is 14.8 Å². The number of halogens is 2. The summed E-state index contributed by atoms with van der Waals surface area (Å²) in [4.78, 5) is 12.1. The molecule has 3 aromatic carbocycles. The molecule has 0 heterocycles. The maximum atomic E-state index is 13.3. The van der Waals surface area contributed by atoms with Crippen molar-refractivity contribution >= 4 is 43.2 Å². The molecule has 30 heavy (non-hydrogen) atoms. The number of ether oxygens (including phenoxy) is 1. The molecular weight excluding hydrogens is 475 g/mol. The van der Waals surface area contributed by atoms with Crippen LogP contribution in [-0.2, 0) is 14.8 Å². The van der Waals surface area contributed by atoms with Crippen LogP contribution in [0, 0.1) is 12.7 Å². The summed E-state index contributed by atoms with van der Waals surface area (Å²) in [6, 6.07) is 16.5. The van der Waals surface area contributed by atoms with Crippen molar-refractivity contribution < 1.29 is 22.3 Å². The third-order valence-electron chi connectivity index (χ3n) is 4.07. The van der Waals surface area contributed by atoms with Gasteiger partial charge in [0, 0.05) is 15.8 Å². The predicted octanol–water partition coefficient (Wildman–Crippen LogP) is 4.71. The summed E-state index contributed by atoms with van der Waals surface area (Å²) in [5.41, 5.74) is 1.52. The highest BCUT2D eigenvalue weighted by atomic mass is 79.9. The Balaban J connectivity index is 1.59. The monoisotopic (exact) mass is 492 g/mol. The van der Waals surface area contributed by atoms with Gasteiger partial charge < -0.3 is 10.1 Å². The number of amides is 1. The van der Waals surface area contributed by atoms with E-state index in [2.05, 4.69) is 26.0 Å². The number of nitrogens with one attached hydrogen (secondary N) is 2. The molecular formula is C21H18BrFN2O4S. The van der Waals surface area contributed by atoms with Crippen LogP contribution in [0.4, 0.5) is 15.8 Å². The molecule has 6 nitrogen and oxygen atoms in total. The van der Waals surface area contributed by atoms with Crippen molar-refractivity contribution in [1.29, 1.82) is 0 Å². The smallest absolute Gasteiger partial charge is 0.262 e. The molecule has 0 radical (unpaired) electrons. The van der Waals surface area contributed by atoms with Gasteiger partial charge in [0.1, 0.15) is 11.6 Å². The maximum Gasteiger partial charge on any atom is 0.262 e. The second-order valence-corrected chi connectivity index (χ2v) is 8.98. The maximum absolute atomic E-state index is 13.3. The van der Waals surface area contributed by atoms with E-state index in [1.54, 1.807) is 37.3 Å². The number of aryl methyl sites for hydroxylation is 1. The van der Waals surface area contributed by atoms with Gasteiger partial charge in [0.25, 0.3) is 15.9 Å². The van der Waals surface area contributed by atoms with Gasteiger partial charge in [0.15, 0.2) is 6.61 Å². The zero-order valence-electron chi connectivity index (χ0n) is 15.9. The standard InChI is InChI=1S/C21H18BrFN2O4S/c1-14-2-5-16(23)12-20(14)24-21(26)13-29-18-8-10-19(11-9-18)30(27,28)25-17-6-3-15(22)4-7-17/h2-12,25H,13H2,1H3,(H,24,26). The predicted molar refractivity (Wildman–Crippen MR) is 117 cm³/mol. The van der Waals surface area contributed by atoms with E-state index in [0.717, 1.165) is 10.0 Å². The van der Waals surface area contributed by atoms with E-state index in [4.69, 9.17) is 4.74 Å². The van der Waals surface area contributed by atoms with Crippen LogP contribution >= 0.6 is 15.9 Å². The van der Waals surface area contributed by atoms with Gasteiger partial charge in [0.2, 0.25) is 0 Å². The lowest BCUT2D eigenvalue weighted by Gasteiger charge is -2.11. The van der Waals surface area contributed by atoms with Crippen LogP contribution in [0.5, 0.6) is 5.75 Å². The summed E-state index contributed by atoms with van der Waals surface area (Å²) in [6.45, 7) is 1.44. The fourth-order valence-electron chi connectivity index (χ4n) is 2.51. The van der Waals surface area contributed by atoms with Crippen molar-refractivity contribution in [2.75, 3.05) is 16.6 Å². The lowest BCUT2D eigenvalue weighted by molar-refractivity contribution is -0.118. The number of carbonyl (C=O) groups is 1. The van der Waals surface area contributed by atoms with Crippen molar-refractivity contribution in [1.82, 2.24) is 0 Å². The van der Waals surface area contributed by atoms with E-state index in [-0.39, 0.29) is 11.5 Å². The second kappa shape index (κ2) is 9.27. The summed E-state index contributed by atoms with van der Waals surface area (Å²) in [7, 11) is -3.76.